The summed E-state index contributed by atoms with van der Waals surface area (Å²) >= 11 is 0. The number of fused-ring (bicyclic) bond motifs is 10. The SMILES string of the molecule is Cc1ccccc1-c1ccccc1-c1ccc2c3ccc4ccccc4c3n(-c3ccc4c(c3)-c3c(ccc5ccccc35)C4(c3ccccc3)c3ccccc3)c2c1. The molecule has 1 heterocycles. The highest BCUT2D eigenvalue weighted by Gasteiger charge is 2.46. The van der Waals surface area contributed by atoms with Crippen LogP contribution < -0.4 is 0 Å². The summed E-state index contributed by atoms with van der Waals surface area (Å²) in [6.45, 7) is 2.21. The van der Waals surface area contributed by atoms with Gasteiger partial charge in [-0.15, -0.1) is 0 Å². The van der Waals surface area contributed by atoms with Gasteiger partial charge in [0.15, 0.2) is 0 Å². The van der Waals surface area contributed by atoms with Crippen molar-refractivity contribution in [2.24, 2.45) is 0 Å². The summed E-state index contributed by atoms with van der Waals surface area (Å²) in [6.07, 6.45) is 0. The molecule has 0 bridgehead atoms. The van der Waals surface area contributed by atoms with E-state index in [1.807, 2.05) is 0 Å². The lowest BCUT2D eigenvalue weighted by atomic mass is 9.67. The van der Waals surface area contributed by atoms with Crippen LogP contribution in [0.1, 0.15) is 27.8 Å². The topological polar surface area (TPSA) is 4.93 Å². The first-order chi connectivity index (χ1) is 29.2. The van der Waals surface area contributed by atoms with Gasteiger partial charge in [0.1, 0.15) is 0 Å². The summed E-state index contributed by atoms with van der Waals surface area (Å²) in [5.41, 5.74) is 17.1. The Morgan fingerprint density at radius 3 is 1.69 bits per heavy atom. The van der Waals surface area contributed by atoms with Gasteiger partial charge in [-0.05, 0) is 102 Å². The molecule has 1 aliphatic rings. The highest BCUT2D eigenvalue weighted by atomic mass is 15.0. The normalized spacial score (nSPS) is 13.0. The third-order valence-corrected chi connectivity index (χ3v) is 13.0. The summed E-state index contributed by atoms with van der Waals surface area (Å²) in [6, 6.07) is 81.2. The van der Waals surface area contributed by atoms with Crippen molar-refractivity contribution >= 4 is 43.4 Å². The van der Waals surface area contributed by atoms with Crippen molar-refractivity contribution in [2.75, 3.05) is 0 Å². The van der Waals surface area contributed by atoms with Crippen molar-refractivity contribution in [3.8, 4) is 39.1 Å². The van der Waals surface area contributed by atoms with Crippen molar-refractivity contribution in [2.45, 2.75) is 12.3 Å². The molecule has 0 saturated carbocycles. The van der Waals surface area contributed by atoms with Gasteiger partial charge >= 0.3 is 0 Å². The minimum absolute atomic E-state index is 0.490. The third-order valence-electron chi connectivity index (χ3n) is 13.0. The van der Waals surface area contributed by atoms with Crippen molar-refractivity contribution in [1.29, 1.82) is 0 Å². The fourth-order valence-electron chi connectivity index (χ4n) is 10.4. The van der Waals surface area contributed by atoms with E-state index in [-0.39, 0.29) is 0 Å². The van der Waals surface area contributed by atoms with Gasteiger partial charge in [0, 0.05) is 21.8 Å². The summed E-state index contributed by atoms with van der Waals surface area (Å²) in [7, 11) is 0. The van der Waals surface area contributed by atoms with E-state index >= 15 is 0 Å². The van der Waals surface area contributed by atoms with E-state index in [0.717, 1.165) is 5.69 Å². The van der Waals surface area contributed by atoms with Crippen LogP contribution in [0.4, 0.5) is 0 Å². The molecule has 1 aromatic heterocycles. The molecule has 1 heteroatoms. The number of hydrogen-bond acceptors (Lipinski definition) is 0. The zero-order valence-corrected chi connectivity index (χ0v) is 32.7. The highest BCUT2D eigenvalue weighted by Crippen LogP contribution is 2.58. The van der Waals surface area contributed by atoms with Crippen molar-refractivity contribution in [1.82, 2.24) is 4.57 Å². The molecule has 0 spiro atoms. The minimum atomic E-state index is -0.490. The van der Waals surface area contributed by atoms with Crippen LogP contribution in [0.2, 0.25) is 0 Å². The molecule has 0 fully saturated rings. The van der Waals surface area contributed by atoms with Gasteiger partial charge in [0.2, 0.25) is 0 Å². The van der Waals surface area contributed by atoms with Crippen LogP contribution in [0.3, 0.4) is 0 Å². The molecule has 0 N–H and O–H groups in total. The predicted octanol–water partition coefficient (Wildman–Crippen LogP) is 15.1. The molecule has 0 atom stereocenters. The van der Waals surface area contributed by atoms with Gasteiger partial charge in [-0.3, -0.25) is 0 Å². The van der Waals surface area contributed by atoms with Crippen LogP contribution in [0.25, 0.3) is 82.4 Å². The van der Waals surface area contributed by atoms with Crippen molar-refractivity contribution in [3.63, 3.8) is 0 Å². The smallest absolute Gasteiger partial charge is 0.0713 e. The molecule has 1 aliphatic carbocycles. The van der Waals surface area contributed by atoms with Crippen LogP contribution in [0.15, 0.2) is 218 Å². The predicted molar refractivity (Wildman–Crippen MR) is 249 cm³/mol. The molecule has 10 aromatic carbocycles. The van der Waals surface area contributed by atoms with Crippen LogP contribution in [0, 0.1) is 6.92 Å². The van der Waals surface area contributed by atoms with Crippen molar-refractivity contribution < 1.29 is 0 Å². The van der Waals surface area contributed by atoms with Gasteiger partial charge in [-0.2, -0.15) is 0 Å². The zero-order chi connectivity index (χ0) is 39.1. The largest absolute Gasteiger partial charge is 0.309 e. The van der Waals surface area contributed by atoms with Gasteiger partial charge in [-0.1, -0.05) is 200 Å². The standard InChI is InChI=1S/C58H39N/c1-38-16-8-11-23-45(38)49-27-15-14-24-46(49)41-29-32-50-51-33-28-40-18-10-13-26-48(40)57(51)59(55(50)36-41)44-31-35-53-52(37-44)56-47-25-12-9-17-39(47)30-34-54(56)58(53,42-19-4-2-5-20-42)43-21-6-3-7-22-43/h2-37H,1H3. The molecule has 11 aromatic rings. The Kier molecular flexibility index (Phi) is 7.43. The Labute approximate surface area is 344 Å². The first kappa shape index (κ1) is 33.6. The van der Waals surface area contributed by atoms with Gasteiger partial charge in [-0.25, -0.2) is 0 Å². The molecular weight excluding hydrogens is 711 g/mol. The number of rotatable bonds is 5. The summed E-state index contributed by atoms with van der Waals surface area (Å²) in [5.74, 6) is 0. The lowest BCUT2D eigenvalue weighted by Gasteiger charge is -2.34. The summed E-state index contributed by atoms with van der Waals surface area (Å²) in [4.78, 5) is 0. The molecule has 0 saturated heterocycles. The van der Waals surface area contributed by atoms with E-state index in [0.29, 0.717) is 0 Å². The Morgan fingerprint density at radius 1 is 0.373 bits per heavy atom. The second kappa shape index (κ2) is 13.0. The van der Waals surface area contributed by atoms with Crippen LogP contribution in [0.5, 0.6) is 0 Å². The molecule has 59 heavy (non-hydrogen) atoms. The van der Waals surface area contributed by atoms with E-state index < -0.39 is 5.41 Å². The maximum atomic E-state index is 2.54. The Balaban J connectivity index is 1.19. The number of hydrogen-bond donors (Lipinski definition) is 0. The first-order valence-corrected chi connectivity index (χ1v) is 20.6. The zero-order valence-electron chi connectivity index (χ0n) is 32.7. The highest BCUT2D eigenvalue weighted by molar-refractivity contribution is 6.19. The van der Waals surface area contributed by atoms with E-state index in [1.165, 1.54) is 105 Å². The van der Waals surface area contributed by atoms with Gasteiger partial charge in [0.25, 0.3) is 0 Å². The molecule has 0 amide bonds. The second-order valence-corrected chi connectivity index (χ2v) is 16.0. The van der Waals surface area contributed by atoms with Gasteiger partial charge in [0.05, 0.1) is 16.4 Å². The maximum absolute atomic E-state index is 2.54. The maximum Gasteiger partial charge on any atom is 0.0713 e. The van der Waals surface area contributed by atoms with E-state index in [2.05, 4.69) is 230 Å². The molecule has 0 aliphatic heterocycles. The van der Waals surface area contributed by atoms with E-state index in [4.69, 9.17) is 0 Å². The molecular formula is C58H39N. The monoisotopic (exact) mass is 749 g/mol. The lowest BCUT2D eigenvalue weighted by Crippen LogP contribution is -2.28. The number of benzene rings is 10. The van der Waals surface area contributed by atoms with E-state index in [9.17, 15) is 0 Å². The van der Waals surface area contributed by atoms with E-state index in [1.54, 1.807) is 0 Å². The summed E-state index contributed by atoms with van der Waals surface area (Å²) < 4.78 is 2.54. The fraction of sp³-hybridized carbons (Fsp3) is 0.0345. The average molecular weight is 750 g/mol. The average Bonchev–Trinajstić information content (AvgIpc) is 3.80. The fourth-order valence-corrected chi connectivity index (χ4v) is 10.4. The quantitative estimate of drug-likeness (QED) is 0.165. The Morgan fingerprint density at radius 2 is 0.949 bits per heavy atom. The van der Waals surface area contributed by atoms with Gasteiger partial charge < -0.3 is 4.57 Å². The third kappa shape index (κ3) is 4.85. The van der Waals surface area contributed by atoms with Crippen LogP contribution in [-0.4, -0.2) is 4.57 Å². The molecule has 0 unspecified atom stereocenters. The lowest BCUT2D eigenvalue weighted by molar-refractivity contribution is 0.769. The van der Waals surface area contributed by atoms with Crippen molar-refractivity contribution in [3.05, 3.63) is 246 Å². The number of aryl methyl sites for hydroxylation is 1. The first-order valence-electron chi connectivity index (χ1n) is 20.6. The number of aromatic nitrogens is 1. The minimum Gasteiger partial charge on any atom is -0.309 e. The summed E-state index contributed by atoms with van der Waals surface area (Å²) in [5, 5.41) is 7.51. The Bertz CT molecular complexity index is 3400. The Hall–Kier alpha value is -7.48. The molecule has 276 valence electrons. The molecule has 0 radical (unpaired) electrons. The molecule has 1 nitrogen and oxygen atoms in total. The second-order valence-electron chi connectivity index (χ2n) is 16.0. The van der Waals surface area contributed by atoms with Crippen LogP contribution >= 0.6 is 0 Å². The number of nitrogens with zero attached hydrogens (tertiary/aromatic N) is 1. The molecule has 12 rings (SSSR count). The van der Waals surface area contributed by atoms with Crippen LogP contribution in [-0.2, 0) is 5.41 Å².